The first-order chi connectivity index (χ1) is 18.5. The van der Waals surface area contributed by atoms with E-state index in [4.69, 9.17) is 16.3 Å². The number of nitriles is 2. The number of carbonyl (C=O) groups is 1. The van der Waals surface area contributed by atoms with Crippen molar-refractivity contribution in [1.82, 2.24) is 24.5 Å². The van der Waals surface area contributed by atoms with E-state index < -0.39 is 0 Å². The zero-order chi connectivity index (χ0) is 26.2. The van der Waals surface area contributed by atoms with Gasteiger partial charge in [-0.2, -0.15) is 20.0 Å². The maximum atomic E-state index is 13.1. The van der Waals surface area contributed by atoms with Crippen molar-refractivity contribution in [3.63, 3.8) is 0 Å². The van der Waals surface area contributed by atoms with E-state index in [9.17, 15) is 15.3 Å². The van der Waals surface area contributed by atoms with Gasteiger partial charge in [0.25, 0.3) is 0 Å². The molecule has 0 amide bonds. The van der Waals surface area contributed by atoms with Crippen LogP contribution in [-0.2, 0) is 9.53 Å². The number of hydrogen-bond donors (Lipinski definition) is 2. The predicted octanol–water partition coefficient (Wildman–Crippen LogP) is 2.32. The van der Waals surface area contributed by atoms with Gasteiger partial charge in [-0.05, 0) is 31.4 Å². The zero-order valence-corrected chi connectivity index (χ0v) is 21.3. The van der Waals surface area contributed by atoms with Crippen LogP contribution in [0.15, 0.2) is 18.3 Å². The Morgan fingerprint density at radius 3 is 2.63 bits per heavy atom. The third-order valence-corrected chi connectivity index (χ3v) is 7.44. The summed E-state index contributed by atoms with van der Waals surface area (Å²) in [6.45, 7) is 3.61. The second-order valence-electron chi connectivity index (χ2n) is 9.63. The van der Waals surface area contributed by atoms with Crippen LogP contribution >= 0.6 is 11.6 Å². The van der Waals surface area contributed by atoms with Crippen LogP contribution in [0.1, 0.15) is 30.5 Å². The average Bonchev–Trinajstić information content (AvgIpc) is 3.66. The van der Waals surface area contributed by atoms with E-state index >= 15 is 0 Å². The molecule has 2 N–H and O–H groups in total. The summed E-state index contributed by atoms with van der Waals surface area (Å²) < 4.78 is 6.86. The normalized spacial score (nSPS) is 20.2. The highest BCUT2D eigenvalue weighted by Gasteiger charge is 2.33. The number of aromatic nitrogens is 4. The largest absolute Gasteiger partial charge is 0.379 e. The maximum Gasteiger partial charge on any atom is 0.247 e. The van der Waals surface area contributed by atoms with Crippen molar-refractivity contribution in [2.75, 3.05) is 54.9 Å². The quantitative estimate of drug-likeness (QED) is 0.481. The molecule has 12 nitrogen and oxygen atoms in total. The van der Waals surface area contributed by atoms with Crippen molar-refractivity contribution in [1.29, 1.82) is 10.5 Å². The molecule has 1 unspecified atom stereocenters. The van der Waals surface area contributed by atoms with Gasteiger partial charge in [0, 0.05) is 25.7 Å². The summed E-state index contributed by atoms with van der Waals surface area (Å²) in [4.78, 5) is 26.1. The number of piperidine rings is 1. The van der Waals surface area contributed by atoms with Gasteiger partial charge in [-0.3, -0.25) is 9.69 Å². The summed E-state index contributed by atoms with van der Waals surface area (Å²) >= 11 is 6.85. The fraction of sp³-hybridized carbons (Fsp3) is 0.440. The molecule has 13 heteroatoms. The van der Waals surface area contributed by atoms with Gasteiger partial charge >= 0.3 is 0 Å². The Morgan fingerprint density at radius 1 is 1.11 bits per heavy atom. The van der Waals surface area contributed by atoms with Crippen LogP contribution < -0.4 is 15.5 Å². The minimum absolute atomic E-state index is 0.125. The summed E-state index contributed by atoms with van der Waals surface area (Å²) in [5.74, 6) is 0.829. The lowest BCUT2D eigenvalue weighted by atomic mass is 10.00. The van der Waals surface area contributed by atoms with Gasteiger partial charge in [0.15, 0.2) is 22.9 Å². The Labute approximate surface area is 223 Å². The molecule has 6 rings (SSSR count). The molecule has 4 heterocycles. The van der Waals surface area contributed by atoms with Gasteiger partial charge in [-0.1, -0.05) is 11.6 Å². The van der Waals surface area contributed by atoms with Crippen molar-refractivity contribution in [2.24, 2.45) is 0 Å². The molecule has 1 aliphatic carbocycles. The Kier molecular flexibility index (Phi) is 6.45. The van der Waals surface area contributed by atoms with Crippen molar-refractivity contribution in [3.05, 3.63) is 34.6 Å². The summed E-state index contributed by atoms with van der Waals surface area (Å²) in [5, 5.41) is 30.5. The van der Waals surface area contributed by atoms with E-state index in [0.29, 0.717) is 65.6 Å². The lowest BCUT2D eigenvalue weighted by Gasteiger charge is -2.40. The number of hydrogen-bond acceptors (Lipinski definition) is 11. The highest BCUT2D eigenvalue weighted by atomic mass is 35.5. The monoisotopic (exact) mass is 532 g/mol. The summed E-state index contributed by atoms with van der Waals surface area (Å²) in [5.41, 5.74) is 2.13. The molecule has 0 spiro atoms. The molecule has 3 aromatic rings. The molecule has 2 saturated heterocycles. The number of benzene rings is 1. The van der Waals surface area contributed by atoms with Crippen LogP contribution in [0.5, 0.6) is 0 Å². The molecule has 2 aliphatic heterocycles. The van der Waals surface area contributed by atoms with Gasteiger partial charge in [-0.15, -0.1) is 5.10 Å². The first kappa shape index (κ1) is 24.4. The Balaban J connectivity index is 1.30. The van der Waals surface area contributed by atoms with Crippen molar-refractivity contribution in [3.8, 4) is 12.1 Å². The Bertz CT molecular complexity index is 1480. The van der Waals surface area contributed by atoms with Gasteiger partial charge in [0.1, 0.15) is 6.07 Å². The van der Waals surface area contributed by atoms with E-state index in [0.717, 1.165) is 25.9 Å². The zero-order valence-electron chi connectivity index (χ0n) is 20.5. The van der Waals surface area contributed by atoms with Crippen LogP contribution in [0.2, 0.25) is 5.02 Å². The number of Topliss-reactive ketones (excluding diaryl/α,β-unsaturated/α-hetero) is 1. The summed E-state index contributed by atoms with van der Waals surface area (Å²) in [6.07, 6.45) is 4.18. The number of fused-ring (bicyclic) bond motifs is 1. The molecular weight excluding hydrogens is 508 g/mol. The summed E-state index contributed by atoms with van der Waals surface area (Å²) in [6, 6.07) is 7.75. The third kappa shape index (κ3) is 4.70. The van der Waals surface area contributed by atoms with E-state index in [-0.39, 0.29) is 30.0 Å². The maximum absolute atomic E-state index is 13.1. The number of rotatable bonds is 6. The minimum atomic E-state index is -0.132. The topological polar surface area (TPSA) is 147 Å². The average molecular weight is 533 g/mol. The number of nitrogens with zero attached hydrogens (tertiary/aromatic N) is 8. The first-order valence-electron chi connectivity index (χ1n) is 12.6. The molecular formula is C25H25ClN10O2. The van der Waals surface area contributed by atoms with E-state index in [1.807, 2.05) is 4.90 Å². The predicted molar refractivity (Wildman–Crippen MR) is 140 cm³/mol. The molecule has 3 fully saturated rings. The highest BCUT2D eigenvalue weighted by Crippen LogP contribution is 2.37. The van der Waals surface area contributed by atoms with Crippen LogP contribution in [0.3, 0.4) is 0 Å². The van der Waals surface area contributed by atoms with Crippen LogP contribution in [0.25, 0.3) is 5.65 Å². The molecule has 1 atom stereocenters. The number of ketones is 1. The number of carbonyl (C=O) groups excluding carboxylic acids is 1. The molecule has 3 aliphatic rings. The Hall–Kier alpha value is -3.97. The SMILES string of the molecule is N#Cc1cc(Nc2nc(NC3CC3)c3ncc(C#N)n3n2)c(Cl)c(N2CCC(N3CCOCC3)C(=O)C2)c1. The lowest BCUT2D eigenvalue weighted by molar-refractivity contribution is -0.126. The van der Waals surface area contributed by atoms with Gasteiger partial charge < -0.3 is 20.3 Å². The van der Waals surface area contributed by atoms with Crippen LogP contribution in [0, 0.1) is 22.7 Å². The Morgan fingerprint density at radius 2 is 1.92 bits per heavy atom. The van der Waals surface area contributed by atoms with Crippen molar-refractivity contribution in [2.45, 2.75) is 31.3 Å². The number of ether oxygens (including phenoxy) is 1. The van der Waals surface area contributed by atoms with Crippen molar-refractivity contribution >= 4 is 46.2 Å². The smallest absolute Gasteiger partial charge is 0.247 e. The fourth-order valence-corrected chi connectivity index (χ4v) is 5.21. The lowest BCUT2D eigenvalue weighted by Crippen LogP contribution is -2.54. The number of halogens is 1. The molecule has 0 radical (unpaired) electrons. The van der Waals surface area contributed by atoms with Gasteiger partial charge in [0.05, 0.1) is 60.0 Å². The summed E-state index contributed by atoms with van der Waals surface area (Å²) in [7, 11) is 0. The van der Waals surface area contributed by atoms with Crippen LogP contribution in [-0.4, -0.2) is 81.7 Å². The van der Waals surface area contributed by atoms with Crippen molar-refractivity contribution < 1.29 is 9.53 Å². The number of imidazole rings is 1. The number of morpholine rings is 1. The molecule has 2 aromatic heterocycles. The standard InChI is InChI=1S/C25H25ClN10O2/c26-22-18(31-25-32-23(30-16-1-2-16)24-29-13-17(12-28)36(24)33-25)9-15(11-27)10-20(22)35-4-3-19(21(37)14-35)34-5-7-38-8-6-34/h9-10,13,16,19H,1-8,14H2,(H2,30,31,32,33). The van der Waals surface area contributed by atoms with E-state index in [2.05, 4.69) is 42.7 Å². The minimum Gasteiger partial charge on any atom is -0.379 e. The number of nitrogens with one attached hydrogen (secondary N) is 2. The van der Waals surface area contributed by atoms with E-state index in [1.54, 1.807) is 12.1 Å². The first-order valence-corrected chi connectivity index (χ1v) is 12.9. The second-order valence-corrected chi connectivity index (χ2v) is 10.0. The fourth-order valence-electron chi connectivity index (χ4n) is 4.94. The van der Waals surface area contributed by atoms with Crippen LogP contribution in [0.4, 0.5) is 23.1 Å². The second kappa shape index (κ2) is 10.1. The van der Waals surface area contributed by atoms with Gasteiger partial charge in [0.2, 0.25) is 5.95 Å². The molecule has 194 valence electrons. The number of anilines is 4. The van der Waals surface area contributed by atoms with Gasteiger partial charge in [-0.25, -0.2) is 4.98 Å². The highest BCUT2D eigenvalue weighted by molar-refractivity contribution is 6.36. The van der Waals surface area contributed by atoms with E-state index in [1.165, 1.54) is 10.7 Å². The third-order valence-electron chi connectivity index (χ3n) is 7.04. The molecule has 38 heavy (non-hydrogen) atoms. The molecule has 0 bridgehead atoms. The molecule has 1 aromatic carbocycles. The molecule has 1 saturated carbocycles.